The lowest BCUT2D eigenvalue weighted by Gasteiger charge is -2.26. The summed E-state index contributed by atoms with van der Waals surface area (Å²) in [4.78, 5) is 2.31. The molecule has 11 aromatic rings. The monoisotopic (exact) mass is 1080 g/mol. The van der Waals surface area contributed by atoms with E-state index in [0.717, 1.165) is 58.0 Å². The van der Waals surface area contributed by atoms with Crippen molar-refractivity contribution in [2.75, 3.05) is 4.90 Å². The number of anilines is 3. The third-order valence-electron chi connectivity index (χ3n) is 16.5. The molecule has 0 saturated heterocycles. The highest BCUT2D eigenvalue weighted by Gasteiger charge is 2.15. The molecule has 11 rings (SSSR count). The minimum absolute atomic E-state index is 1.07. The molecule has 0 fully saturated rings. The fourth-order valence-corrected chi connectivity index (χ4v) is 11.8. The Balaban J connectivity index is 0.717. The van der Waals surface area contributed by atoms with Gasteiger partial charge in [0.05, 0.1) is 0 Å². The van der Waals surface area contributed by atoms with Gasteiger partial charge in [-0.1, -0.05) is 273 Å². The van der Waals surface area contributed by atoms with Gasteiger partial charge in [0, 0.05) is 73.8 Å². The molecule has 2 heterocycles. The van der Waals surface area contributed by atoms with Gasteiger partial charge in [-0.25, -0.2) is 0 Å². The number of hydrogen-bond donors (Lipinski definition) is 0. The second-order valence-corrected chi connectivity index (χ2v) is 22.4. The number of fused-ring (bicyclic) bond motifs is 6. The van der Waals surface area contributed by atoms with E-state index in [1.807, 2.05) is 6.08 Å². The van der Waals surface area contributed by atoms with E-state index in [1.165, 1.54) is 143 Å². The Labute approximate surface area is 493 Å². The third-order valence-corrected chi connectivity index (χ3v) is 16.5. The van der Waals surface area contributed by atoms with Crippen LogP contribution in [0.15, 0.2) is 213 Å². The van der Waals surface area contributed by atoms with Crippen LogP contribution >= 0.6 is 0 Å². The summed E-state index contributed by atoms with van der Waals surface area (Å²) in [5.41, 5.74) is 19.1. The maximum atomic E-state index is 3.99. The van der Waals surface area contributed by atoms with E-state index in [2.05, 4.69) is 289 Å². The smallest absolute Gasteiger partial charge is 0.0491 e. The highest BCUT2D eigenvalue weighted by atomic mass is 15.1. The molecule has 2 aromatic heterocycles. The summed E-state index contributed by atoms with van der Waals surface area (Å²) in [6.45, 7) is 10.7. The van der Waals surface area contributed by atoms with Crippen LogP contribution in [0.25, 0.3) is 98.3 Å². The molecule has 0 N–H and O–H groups in total. The molecule has 3 nitrogen and oxygen atoms in total. The zero-order valence-electron chi connectivity index (χ0n) is 48.8. The lowest BCUT2D eigenvalue weighted by Crippen LogP contribution is -2.09. The number of aromatic nitrogens is 2. The lowest BCUT2D eigenvalue weighted by molar-refractivity contribution is 0.571. The van der Waals surface area contributed by atoms with Crippen LogP contribution in [0.3, 0.4) is 0 Å². The standard InChI is InChI=1S/C80H79N3/c1-4-7-9-11-13-19-57-81-77-23-17-15-21-73(77)75-59-68(47-55-79(75)81)39-37-64-29-25-62(26-30-64)33-35-66-43-51-71(52-44-66)83(70-49-41-61(6-3)42-50-70)72-53-45-67(46-54-72)36-34-63-27-31-65(32-28-63)38-40-69-48-56-80-76(60-69)74-22-16-18-24-78(74)82(80)58-20-14-12-10-8-5-2/h6,15-18,21-56,59-60H,3-5,7-14,19-20,57-58H2,1-2H3/b35-33+,36-34+,39-37+,40-38+. The molecule has 0 unspecified atom stereocenters. The summed E-state index contributed by atoms with van der Waals surface area (Å²) < 4.78 is 5.07. The van der Waals surface area contributed by atoms with Gasteiger partial charge in [-0.2, -0.15) is 0 Å². The number of unbranched alkanes of at least 4 members (excludes halogenated alkanes) is 10. The third kappa shape index (κ3) is 13.9. The summed E-state index contributed by atoms with van der Waals surface area (Å²) in [5.74, 6) is 0. The van der Waals surface area contributed by atoms with E-state index in [4.69, 9.17) is 0 Å². The predicted octanol–water partition coefficient (Wildman–Crippen LogP) is 23.4. The van der Waals surface area contributed by atoms with Crippen molar-refractivity contribution in [3.63, 3.8) is 0 Å². The summed E-state index contributed by atoms with van der Waals surface area (Å²) in [5, 5.41) is 5.35. The molecule has 414 valence electrons. The molecule has 83 heavy (non-hydrogen) atoms. The first-order valence-electron chi connectivity index (χ1n) is 30.7. The first kappa shape index (κ1) is 56.0. The minimum atomic E-state index is 1.07. The van der Waals surface area contributed by atoms with Gasteiger partial charge in [0.15, 0.2) is 0 Å². The van der Waals surface area contributed by atoms with Gasteiger partial charge in [-0.15, -0.1) is 0 Å². The normalized spacial score (nSPS) is 12.0. The molecular formula is C80H79N3. The van der Waals surface area contributed by atoms with Crippen molar-refractivity contribution in [1.29, 1.82) is 0 Å². The fourth-order valence-electron chi connectivity index (χ4n) is 11.8. The van der Waals surface area contributed by atoms with Crippen LogP contribution in [-0.2, 0) is 13.1 Å². The minimum Gasteiger partial charge on any atom is -0.340 e. The first-order chi connectivity index (χ1) is 41.0. The number of nitrogens with zero attached hydrogens (tertiary/aromatic N) is 3. The molecule has 0 amide bonds. The molecule has 0 atom stereocenters. The largest absolute Gasteiger partial charge is 0.340 e. The summed E-state index contributed by atoms with van der Waals surface area (Å²) in [6, 6.07) is 75.5. The van der Waals surface area contributed by atoms with Crippen molar-refractivity contribution in [3.05, 3.63) is 263 Å². The van der Waals surface area contributed by atoms with Crippen molar-refractivity contribution in [3.8, 4) is 0 Å². The van der Waals surface area contributed by atoms with Gasteiger partial charge in [0.1, 0.15) is 0 Å². The van der Waals surface area contributed by atoms with Gasteiger partial charge < -0.3 is 14.0 Å². The second-order valence-electron chi connectivity index (χ2n) is 22.4. The Morgan fingerprint density at radius 3 is 0.916 bits per heavy atom. The average molecular weight is 1080 g/mol. The number of para-hydroxylation sites is 2. The molecule has 0 aliphatic rings. The Morgan fingerprint density at radius 2 is 0.566 bits per heavy atom. The van der Waals surface area contributed by atoms with E-state index >= 15 is 0 Å². The number of rotatable bonds is 26. The Morgan fingerprint density at radius 1 is 0.289 bits per heavy atom. The number of hydrogen-bond acceptors (Lipinski definition) is 1. The maximum Gasteiger partial charge on any atom is 0.0491 e. The molecular weight excluding hydrogens is 1000 g/mol. The molecule has 0 bridgehead atoms. The van der Waals surface area contributed by atoms with Gasteiger partial charge in [-0.3, -0.25) is 0 Å². The highest BCUT2D eigenvalue weighted by Crippen LogP contribution is 2.37. The van der Waals surface area contributed by atoms with Gasteiger partial charge >= 0.3 is 0 Å². The average Bonchev–Trinajstić information content (AvgIpc) is 3.86. The van der Waals surface area contributed by atoms with Gasteiger partial charge in [0.25, 0.3) is 0 Å². The van der Waals surface area contributed by atoms with Crippen molar-refractivity contribution in [2.45, 2.75) is 104 Å². The van der Waals surface area contributed by atoms with Gasteiger partial charge in [-0.05, 0) is 136 Å². The molecule has 0 saturated carbocycles. The van der Waals surface area contributed by atoms with E-state index in [-0.39, 0.29) is 0 Å². The Bertz CT molecular complexity index is 3790. The van der Waals surface area contributed by atoms with Crippen molar-refractivity contribution in [2.24, 2.45) is 0 Å². The molecule has 0 aliphatic carbocycles. The van der Waals surface area contributed by atoms with Crippen LogP contribution in [0, 0.1) is 0 Å². The number of benzene rings is 9. The van der Waals surface area contributed by atoms with Crippen LogP contribution < -0.4 is 4.90 Å². The maximum absolute atomic E-state index is 3.99. The zero-order valence-corrected chi connectivity index (χ0v) is 48.8. The molecule has 0 spiro atoms. The zero-order chi connectivity index (χ0) is 56.6. The molecule has 3 heteroatoms. The van der Waals surface area contributed by atoms with Crippen LogP contribution in [0.1, 0.15) is 141 Å². The van der Waals surface area contributed by atoms with E-state index in [1.54, 1.807) is 0 Å². The second kappa shape index (κ2) is 27.7. The first-order valence-corrected chi connectivity index (χ1v) is 30.7. The Hall–Kier alpha value is -8.92. The topological polar surface area (TPSA) is 13.1 Å². The lowest BCUT2D eigenvalue weighted by atomic mass is 10.1. The summed E-state index contributed by atoms with van der Waals surface area (Å²) in [6.07, 6.45) is 35.3. The van der Waals surface area contributed by atoms with E-state index in [0.29, 0.717) is 0 Å². The predicted molar refractivity (Wildman–Crippen MR) is 365 cm³/mol. The van der Waals surface area contributed by atoms with Crippen molar-refractivity contribution >= 4 is 115 Å². The van der Waals surface area contributed by atoms with Crippen LogP contribution in [-0.4, -0.2) is 9.13 Å². The summed E-state index contributed by atoms with van der Waals surface area (Å²) in [7, 11) is 0. The van der Waals surface area contributed by atoms with Crippen LogP contribution in [0.4, 0.5) is 17.1 Å². The van der Waals surface area contributed by atoms with Crippen molar-refractivity contribution < 1.29 is 0 Å². The molecule has 0 aliphatic heterocycles. The molecule has 0 radical (unpaired) electrons. The summed E-state index contributed by atoms with van der Waals surface area (Å²) >= 11 is 0. The van der Waals surface area contributed by atoms with E-state index < -0.39 is 0 Å². The van der Waals surface area contributed by atoms with Crippen LogP contribution in [0.5, 0.6) is 0 Å². The fraction of sp³-hybridized carbons (Fsp3) is 0.200. The Kier molecular flexibility index (Phi) is 18.7. The quantitative estimate of drug-likeness (QED) is 0.0389. The molecule has 9 aromatic carbocycles. The SMILES string of the molecule is C=Cc1ccc(N(c2ccc(/C=C/c3ccc(/C=C/c4ccc5c(c4)c4ccccc4n5CCCCCCCC)cc3)cc2)c2ccc(/C=C/c3ccc(/C=C/c4ccc5c(c4)c4ccccc4n5CCCCCCCC)cc3)cc2)cc1. The van der Waals surface area contributed by atoms with Crippen molar-refractivity contribution in [1.82, 2.24) is 9.13 Å². The number of aryl methyl sites for hydroxylation is 2. The van der Waals surface area contributed by atoms with E-state index in [9.17, 15) is 0 Å². The highest BCUT2D eigenvalue weighted by molar-refractivity contribution is 6.10. The van der Waals surface area contributed by atoms with Gasteiger partial charge in [0.2, 0.25) is 0 Å². The van der Waals surface area contributed by atoms with Crippen LogP contribution in [0.2, 0.25) is 0 Å².